The Balaban J connectivity index is 2.76. The molecule has 1 aromatic heterocycles. The Labute approximate surface area is 104 Å². The van der Waals surface area contributed by atoms with E-state index in [1.807, 2.05) is 6.92 Å². The van der Waals surface area contributed by atoms with Crippen LogP contribution in [0, 0.1) is 5.92 Å². The number of carboxylic acids is 2. The number of nitrogens with one attached hydrogen (secondary N) is 1. The highest BCUT2D eigenvalue weighted by atomic mass is 16.4. The maximum atomic E-state index is 10.8. The van der Waals surface area contributed by atoms with E-state index in [9.17, 15) is 9.59 Å². The molecule has 0 saturated heterocycles. The fraction of sp³-hybridized carbons (Fsp3) is 0.364. The zero-order valence-electron chi connectivity index (χ0n) is 10.1. The van der Waals surface area contributed by atoms with E-state index in [4.69, 9.17) is 10.2 Å². The summed E-state index contributed by atoms with van der Waals surface area (Å²) in [4.78, 5) is 21.5. The molecular weight excluding hydrogens is 238 g/mol. The Bertz CT molecular complexity index is 464. The lowest BCUT2D eigenvalue weighted by Gasteiger charge is -2.07. The van der Waals surface area contributed by atoms with Gasteiger partial charge in [0.15, 0.2) is 11.7 Å². The Morgan fingerprint density at radius 2 is 2.11 bits per heavy atom. The van der Waals surface area contributed by atoms with Crippen LogP contribution in [0.2, 0.25) is 0 Å². The fourth-order valence-electron chi connectivity index (χ4n) is 1.38. The van der Waals surface area contributed by atoms with Crippen molar-refractivity contribution < 1.29 is 19.8 Å². The predicted octanol–water partition coefficient (Wildman–Crippen LogP) is 1.00. The second kappa shape index (κ2) is 5.85. The van der Waals surface area contributed by atoms with Gasteiger partial charge < -0.3 is 15.5 Å². The first-order valence-electron chi connectivity index (χ1n) is 5.38. The summed E-state index contributed by atoms with van der Waals surface area (Å²) in [5, 5.41) is 24.5. The van der Waals surface area contributed by atoms with Gasteiger partial charge in [0.05, 0.1) is 0 Å². The van der Waals surface area contributed by atoms with E-state index < -0.39 is 17.9 Å². The smallest absolute Gasteiger partial charge is 0.322 e. The Morgan fingerprint density at radius 1 is 1.50 bits per heavy atom. The van der Waals surface area contributed by atoms with Crippen molar-refractivity contribution in [2.45, 2.75) is 20.4 Å². The molecule has 0 atom stereocenters. The first kappa shape index (κ1) is 13.8. The van der Waals surface area contributed by atoms with Crippen LogP contribution in [-0.2, 0) is 16.1 Å². The lowest BCUT2D eigenvalue weighted by Crippen LogP contribution is -2.24. The highest BCUT2D eigenvalue weighted by Crippen LogP contribution is 2.12. The third-order valence-electron chi connectivity index (χ3n) is 2.36. The summed E-state index contributed by atoms with van der Waals surface area (Å²) in [5.74, 6) is -3.80. The van der Waals surface area contributed by atoms with Crippen LogP contribution in [0.3, 0.4) is 0 Å². The summed E-state index contributed by atoms with van der Waals surface area (Å²) in [5.41, 5.74) is 0.195. The largest absolute Gasteiger partial charge is 0.480 e. The topological polar surface area (TPSA) is 104 Å². The minimum atomic E-state index is -1.55. The standard InChI is InChI=1S/C11H15N3O4/c1-3-14-5-4-8(13-14)12-6-7(2)9(10(15)16)11(17)18/h4-6,9H,3H2,1-2H3,(H,12,13)(H,15,16)(H,17,18). The van der Waals surface area contributed by atoms with E-state index in [0.29, 0.717) is 5.82 Å². The summed E-state index contributed by atoms with van der Waals surface area (Å²) >= 11 is 0. The number of hydrogen-bond donors (Lipinski definition) is 3. The highest BCUT2D eigenvalue weighted by molar-refractivity contribution is 5.96. The molecule has 0 amide bonds. The molecule has 7 nitrogen and oxygen atoms in total. The van der Waals surface area contributed by atoms with Gasteiger partial charge >= 0.3 is 11.9 Å². The average Bonchev–Trinajstić information content (AvgIpc) is 2.73. The van der Waals surface area contributed by atoms with Crippen molar-refractivity contribution in [3.63, 3.8) is 0 Å². The van der Waals surface area contributed by atoms with Gasteiger partial charge in [-0.1, -0.05) is 0 Å². The molecule has 0 aliphatic rings. The van der Waals surface area contributed by atoms with Gasteiger partial charge in [-0.25, -0.2) is 0 Å². The van der Waals surface area contributed by atoms with E-state index in [0.717, 1.165) is 6.54 Å². The molecule has 0 saturated carbocycles. The summed E-state index contributed by atoms with van der Waals surface area (Å²) in [6.45, 7) is 4.09. The van der Waals surface area contributed by atoms with Crippen molar-refractivity contribution in [1.29, 1.82) is 0 Å². The average molecular weight is 253 g/mol. The van der Waals surface area contributed by atoms with Crippen molar-refractivity contribution in [3.8, 4) is 0 Å². The number of carbonyl (C=O) groups is 2. The van der Waals surface area contributed by atoms with Crippen LogP contribution in [0.25, 0.3) is 0 Å². The maximum Gasteiger partial charge on any atom is 0.322 e. The Kier molecular flexibility index (Phi) is 4.47. The van der Waals surface area contributed by atoms with Crippen molar-refractivity contribution in [1.82, 2.24) is 9.78 Å². The van der Waals surface area contributed by atoms with Crippen LogP contribution in [0.1, 0.15) is 13.8 Å². The van der Waals surface area contributed by atoms with Gasteiger partial charge in [-0.15, -0.1) is 0 Å². The number of rotatable bonds is 6. The molecule has 0 unspecified atom stereocenters. The van der Waals surface area contributed by atoms with E-state index in [2.05, 4.69) is 10.4 Å². The van der Waals surface area contributed by atoms with Crippen LogP contribution in [0.5, 0.6) is 0 Å². The quantitative estimate of drug-likeness (QED) is 0.653. The van der Waals surface area contributed by atoms with Crippen LogP contribution in [0.15, 0.2) is 24.0 Å². The second-order valence-corrected chi connectivity index (χ2v) is 3.70. The van der Waals surface area contributed by atoms with Crippen LogP contribution in [0.4, 0.5) is 5.82 Å². The molecule has 0 aliphatic heterocycles. The molecule has 98 valence electrons. The Morgan fingerprint density at radius 3 is 2.56 bits per heavy atom. The molecule has 1 rings (SSSR count). The number of carboxylic acid groups (broad SMARTS) is 2. The third kappa shape index (κ3) is 3.34. The molecule has 0 fully saturated rings. The van der Waals surface area contributed by atoms with Crippen LogP contribution < -0.4 is 5.32 Å². The molecule has 0 radical (unpaired) electrons. The van der Waals surface area contributed by atoms with E-state index >= 15 is 0 Å². The van der Waals surface area contributed by atoms with Crippen molar-refractivity contribution in [2.75, 3.05) is 5.32 Å². The molecule has 1 heterocycles. The molecule has 0 spiro atoms. The van der Waals surface area contributed by atoms with Gasteiger partial charge in [-0.05, 0) is 19.4 Å². The van der Waals surface area contributed by atoms with Crippen LogP contribution in [-0.4, -0.2) is 31.9 Å². The molecule has 3 N–H and O–H groups in total. The molecule has 7 heteroatoms. The van der Waals surface area contributed by atoms with E-state index in [-0.39, 0.29) is 5.57 Å². The third-order valence-corrected chi connectivity index (χ3v) is 2.36. The fourth-order valence-corrected chi connectivity index (χ4v) is 1.38. The van der Waals surface area contributed by atoms with Gasteiger partial charge in [0, 0.05) is 25.0 Å². The minimum Gasteiger partial charge on any atom is -0.480 e. The molecule has 1 aromatic rings. The molecule has 0 aromatic carbocycles. The van der Waals surface area contributed by atoms with Crippen molar-refractivity contribution in [2.24, 2.45) is 5.92 Å². The number of aryl methyl sites for hydroxylation is 1. The van der Waals surface area contributed by atoms with E-state index in [1.54, 1.807) is 16.9 Å². The molecular formula is C11H15N3O4. The normalized spacial score (nSPS) is 11.6. The van der Waals surface area contributed by atoms with Crippen molar-refractivity contribution in [3.05, 3.63) is 24.0 Å². The predicted molar refractivity (Wildman–Crippen MR) is 64.0 cm³/mol. The lowest BCUT2D eigenvalue weighted by atomic mass is 10.0. The SMILES string of the molecule is CCn1ccc(NC=C(C)C(C(=O)O)C(=O)O)n1. The summed E-state index contributed by atoms with van der Waals surface area (Å²) in [6.07, 6.45) is 3.10. The monoisotopic (exact) mass is 253 g/mol. The summed E-state index contributed by atoms with van der Waals surface area (Å²) in [6, 6.07) is 1.71. The summed E-state index contributed by atoms with van der Waals surface area (Å²) in [7, 11) is 0. The molecule has 0 aliphatic carbocycles. The first-order valence-corrected chi connectivity index (χ1v) is 5.38. The number of anilines is 1. The van der Waals surface area contributed by atoms with Gasteiger partial charge in [-0.3, -0.25) is 14.3 Å². The van der Waals surface area contributed by atoms with Gasteiger partial charge in [0.2, 0.25) is 0 Å². The Hall–Kier alpha value is -2.31. The van der Waals surface area contributed by atoms with Crippen molar-refractivity contribution >= 4 is 17.8 Å². The number of hydrogen-bond acceptors (Lipinski definition) is 4. The van der Waals surface area contributed by atoms with Gasteiger partial charge in [-0.2, -0.15) is 5.10 Å². The highest BCUT2D eigenvalue weighted by Gasteiger charge is 2.27. The van der Waals surface area contributed by atoms with Crippen LogP contribution >= 0.6 is 0 Å². The van der Waals surface area contributed by atoms with Gasteiger partial charge in [0.1, 0.15) is 0 Å². The van der Waals surface area contributed by atoms with E-state index in [1.165, 1.54) is 13.1 Å². The number of nitrogens with zero attached hydrogens (tertiary/aromatic N) is 2. The second-order valence-electron chi connectivity index (χ2n) is 3.70. The first-order chi connectivity index (χ1) is 8.45. The van der Waals surface area contributed by atoms with Gasteiger partial charge in [0.25, 0.3) is 0 Å². The summed E-state index contributed by atoms with van der Waals surface area (Å²) < 4.78 is 1.69. The maximum absolute atomic E-state index is 10.8. The molecule has 18 heavy (non-hydrogen) atoms. The number of aliphatic carboxylic acids is 2. The minimum absolute atomic E-state index is 0.195. The number of aromatic nitrogens is 2. The lowest BCUT2D eigenvalue weighted by molar-refractivity contribution is -0.152. The molecule has 0 bridgehead atoms. The zero-order chi connectivity index (χ0) is 13.7. The zero-order valence-corrected chi connectivity index (χ0v) is 10.1.